The van der Waals surface area contributed by atoms with Gasteiger partial charge in [0.05, 0.1) is 9.90 Å². The van der Waals surface area contributed by atoms with E-state index in [-0.39, 0.29) is 5.02 Å². The molecule has 0 fully saturated rings. The molecule has 0 N–H and O–H groups in total. The second-order valence-electron chi connectivity index (χ2n) is 3.35. The maximum Gasteiger partial charge on any atom is 0.141 e. The van der Waals surface area contributed by atoms with Gasteiger partial charge in [-0.05, 0) is 32.0 Å². The molecule has 0 aromatic heterocycles. The molecule has 1 rings (SSSR count). The molecule has 0 amide bonds. The van der Waals surface area contributed by atoms with Gasteiger partial charge in [-0.2, -0.15) is 0 Å². The lowest BCUT2D eigenvalue weighted by molar-refractivity contribution is 0.628. The van der Waals surface area contributed by atoms with Crippen LogP contribution in [0.15, 0.2) is 18.2 Å². The minimum absolute atomic E-state index is 0.0733. The van der Waals surface area contributed by atoms with E-state index in [9.17, 15) is 4.39 Å². The van der Waals surface area contributed by atoms with Gasteiger partial charge < -0.3 is 0 Å². The fraction of sp³-hybridized carbons (Fsp3) is 0.273. The van der Waals surface area contributed by atoms with Crippen molar-refractivity contribution in [3.05, 3.63) is 34.6 Å². The van der Waals surface area contributed by atoms with Crippen molar-refractivity contribution in [2.75, 3.05) is 0 Å². The van der Waals surface area contributed by atoms with E-state index in [1.54, 1.807) is 19.9 Å². The van der Waals surface area contributed by atoms with Crippen molar-refractivity contribution >= 4 is 23.2 Å². The summed E-state index contributed by atoms with van der Waals surface area (Å²) in [6.07, 6.45) is 0. The van der Waals surface area contributed by atoms with Crippen LogP contribution in [0.3, 0.4) is 0 Å². The van der Waals surface area contributed by atoms with Crippen LogP contribution in [-0.2, 0) is 0 Å². The Morgan fingerprint density at radius 3 is 2.50 bits per heavy atom. The first kappa shape index (κ1) is 11.4. The minimum atomic E-state index is -0.582. The molecule has 74 valence electrons. The molecule has 0 unspecified atom stereocenters. The van der Waals surface area contributed by atoms with E-state index in [2.05, 4.69) is 11.8 Å². The average molecular weight is 231 g/mol. The van der Waals surface area contributed by atoms with E-state index in [0.29, 0.717) is 5.56 Å². The van der Waals surface area contributed by atoms with Gasteiger partial charge in [-0.1, -0.05) is 23.4 Å². The smallest absolute Gasteiger partial charge is 0.141 e. The van der Waals surface area contributed by atoms with Crippen LogP contribution in [0.2, 0.25) is 5.02 Å². The Balaban J connectivity index is 2.98. The van der Waals surface area contributed by atoms with Crippen molar-refractivity contribution in [1.82, 2.24) is 0 Å². The molecule has 0 aliphatic rings. The standard InChI is InChI=1S/C11H9Cl2F/c1-11(2,13)6-5-8-3-4-10(14)9(12)7-8/h3-4,7H,1-2H3. The van der Waals surface area contributed by atoms with Crippen LogP contribution in [0.1, 0.15) is 19.4 Å². The van der Waals surface area contributed by atoms with Crippen molar-refractivity contribution in [2.45, 2.75) is 18.7 Å². The molecule has 0 spiro atoms. The average Bonchev–Trinajstić information content (AvgIpc) is 2.06. The van der Waals surface area contributed by atoms with Gasteiger partial charge in [-0.3, -0.25) is 0 Å². The summed E-state index contributed by atoms with van der Waals surface area (Å²) in [7, 11) is 0. The summed E-state index contributed by atoms with van der Waals surface area (Å²) in [5, 5.41) is 0.0733. The Morgan fingerprint density at radius 1 is 1.36 bits per heavy atom. The quantitative estimate of drug-likeness (QED) is 0.470. The predicted molar refractivity (Wildman–Crippen MR) is 58.2 cm³/mol. The molecule has 0 bridgehead atoms. The maximum absolute atomic E-state index is 12.8. The van der Waals surface area contributed by atoms with Crippen molar-refractivity contribution in [3.8, 4) is 11.8 Å². The van der Waals surface area contributed by atoms with Crippen molar-refractivity contribution in [2.24, 2.45) is 0 Å². The molecule has 1 aromatic carbocycles. The molecule has 0 saturated heterocycles. The van der Waals surface area contributed by atoms with E-state index in [1.165, 1.54) is 12.1 Å². The normalized spacial score (nSPS) is 10.6. The molecule has 0 aliphatic heterocycles. The highest BCUT2D eigenvalue weighted by Gasteiger charge is 2.07. The lowest BCUT2D eigenvalue weighted by Gasteiger charge is -2.03. The summed E-state index contributed by atoms with van der Waals surface area (Å²) < 4.78 is 12.8. The van der Waals surface area contributed by atoms with Crippen LogP contribution in [0.4, 0.5) is 4.39 Å². The first-order valence-corrected chi connectivity index (χ1v) is 4.81. The molecule has 0 nitrogen and oxygen atoms in total. The van der Waals surface area contributed by atoms with Crippen LogP contribution in [0, 0.1) is 17.7 Å². The van der Waals surface area contributed by atoms with Gasteiger partial charge in [0.15, 0.2) is 0 Å². The summed E-state index contributed by atoms with van der Waals surface area (Å²) in [5.41, 5.74) is 0.658. The van der Waals surface area contributed by atoms with Gasteiger partial charge >= 0.3 is 0 Å². The summed E-state index contributed by atoms with van der Waals surface area (Å²) in [6, 6.07) is 4.33. The summed E-state index contributed by atoms with van der Waals surface area (Å²) in [4.78, 5) is -0.582. The summed E-state index contributed by atoms with van der Waals surface area (Å²) >= 11 is 11.5. The summed E-state index contributed by atoms with van der Waals surface area (Å²) in [6.45, 7) is 3.57. The Labute approximate surface area is 93.0 Å². The van der Waals surface area contributed by atoms with Crippen LogP contribution in [0.25, 0.3) is 0 Å². The SMILES string of the molecule is CC(C)(Cl)C#Cc1ccc(F)c(Cl)c1. The summed E-state index contributed by atoms with van der Waals surface area (Å²) in [5.74, 6) is 5.20. The third-order valence-corrected chi connectivity index (χ3v) is 1.81. The Bertz CT molecular complexity index is 394. The highest BCUT2D eigenvalue weighted by Crippen LogP contribution is 2.16. The molecule has 0 atom stereocenters. The van der Waals surface area contributed by atoms with E-state index >= 15 is 0 Å². The molecule has 0 heterocycles. The number of rotatable bonds is 0. The van der Waals surface area contributed by atoms with Gasteiger partial charge in [0, 0.05) is 5.56 Å². The fourth-order valence-electron chi connectivity index (χ4n) is 0.795. The molecule has 0 aliphatic carbocycles. The number of halogens is 3. The molecule has 1 aromatic rings. The minimum Gasteiger partial charge on any atom is -0.205 e. The maximum atomic E-state index is 12.8. The second kappa shape index (κ2) is 4.21. The first-order valence-electron chi connectivity index (χ1n) is 4.05. The van der Waals surface area contributed by atoms with Gasteiger partial charge in [-0.15, -0.1) is 11.6 Å². The zero-order chi connectivity index (χ0) is 10.8. The Morgan fingerprint density at radius 2 is 2.00 bits per heavy atom. The van der Waals surface area contributed by atoms with Crippen molar-refractivity contribution < 1.29 is 4.39 Å². The molecule has 0 saturated carbocycles. The molecule has 14 heavy (non-hydrogen) atoms. The predicted octanol–water partition coefficient (Wildman–Crippen LogP) is 3.85. The Kier molecular flexibility index (Phi) is 3.42. The zero-order valence-corrected chi connectivity index (χ0v) is 9.38. The topological polar surface area (TPSA) is 0 Å². The number of alkyl halides is 1. The molecule has 3 heteroatoms. The Hall–Kier alpha value is -0.710. The number of hydrogen-bond donors (Lipinski definition) is 0. The molecular weight excluding hydrogens is 222 g/mol. The first-order chi connectivity index (χ1) is 6.38. The van der Waals surface area contributed by atoms with Gasteiger partial charge in [0.25, 0.3) is 0 Å². The van der Waals surface area contributed by atoms with E-state index in [1.807, 2.05) is 0 Å². The van der Waals surface area contributed by atoms with E-state index < -0.39 is 10.7 Å². The number of benzene rings is 1. The highest BCUT2D eigenvalue weighted by atomic mass is 35.5. The van der Waals surface area contributed by atoms with Gasteiger partial charge in [0.1, 0.15) is 5.82 Å². The molecular formula is C11H9Cl2F. The van der Waals surface area contributed by atoms with Gasteiger partial charge in [-0.25, -0.2) is 4.39 Å². The largest absolute Gasteiger partial charge is 0.205 e. The van der Waals surface area contributed by atoms with Gasteiger partial charge in [0.2, 0.25) is 0 Å². The lowest BCUT2D eigenvalue weighted by atomic mass is 10.1. The van der Waals surface area contributed by atoms with Crippen LogP contribution < -0.4 is 0 Å². The monoisotopic (exact) mass is 230 g/mol. The van der Waals surface area contributed by atoms with E-state index in [4.69, 9.17) is 23.2 Å². The third-order valence-electron chi connectivity index (χ3n) is 1.42. The second-order valence-corrected chi connectivity index (χ2v) is 4.70. The van der Waals surface area contributed by atoms with Crippen molar-refractivity contribution in [1.29, 1.82) is 0 Å². The fourth-order valence-corrected chi connectivity index (χ4v) is 1.02. The number of hydrogen-bond acceptors (Lipinski definition) is 0. The highest BCUT2D eigenvalue weighted by molar-refractivity contribution is 6.30. The van der Waals surface area contributed by atoms with Crippen LogP contribution in [-0.4, -0.2) is 4.87 Å². The van der Waals surface area contributed by atoms with Crippen LogP contribution >= 0.6 is 23.2 Å². The lowest BCUT2D eigenvalue weighted by Crippen LogP contribution is -2.04. The third kappa shape index (κ3) is 3.57. The van der Waals surface area contributed by atoms with Crippen LogP contribution in [0.5, 0.6) is 0 Å². The molecule has 0 radical (unpaired) electrons. The zero-order valence-electron chi connectivity index (χ0n) is 7.87. The van der Waals surface area contributed by atoms with Crippen molar-refractivity contribution in [3.63, 3.8) is 0 Å². The van der Waals surface area contributed by atoms with E-state index in [0.717, 1.165) is 0 Å².